The molecule has 4 nitrogen and oxygen atoms in total. The van der Waals surface area contributed by atoms with Gasteiger partial charge in [-0.05, 0) is 51.1 Å². The van der Waals surface area contributed by atoms with Crippen molar-refractivity contribution < 1.29 is 9.53 Å². The zero-order chi connectivity index (χ0) is 13.0. The summed E-state index contributed by atoms with van der Waals surface area (Å²) in [5.74, 6) is 1.00. The maximum atomic E-state index is 12.2. The summed E-state index contributed by atoms with van der Waals surface area (Å²) in [5, 5.41) is 3.07. The van der Waals surface area contributed by atoms with Gasteiger partial charge in [-0.3, -0.25) is 4.79 Å². The molecule has 0 aromatic heterocycles. The molecule has 1 heterocycles. The smallest absolute Gasteiger partial charge is 0.244 e. The third-order valence-corrected chi connectivity index (χ3v) is 3.25. The Balaban J connectivity index is 2.12. The van der Waals surface area contributed by atoms with E-state index in [1.54, 1.807) is 0 Å². The maximum absolute atomic E-state index is 12.2. The minimum absolute atomic E-state index is 0.0506. The summed E-state index contributed by atoms with van der Waals surface area (Å²) in [6.07, 6.45) is 1.95. The van der Waals surface area contributed by atoms with E-state index in [9.17, 15) is 4.79 Å². The number of nitrogens with one attached hydrogen (secondary N) is 1. The van der Waals surface area contributed by atoms with Gasteiger partial charge < -0.3 is 15.0 Å². The van der Waals surface area contributed by atoms with Crippen LogP contribution in [0, 0.1) is 0 Å². The molecule has 1 unspecified atom stereocenters. The van der Waals surface area contributed by atoms with Gasteiger partial charge in [0, 0.05) is 12.2 Å². The predicted octanol–water partition coefficient (Wildman–Crippen LogP) is 1.80. The van der Waals surface area contributed by atoms with E-state index in [0.29, 0.717) is 6.61 Å². The number of anilines is 1. The van der Waals surface area contributed by atoms with Crippen molar-refractivity contribution in [3.63, 3.8) is 0 Å². The molecule has 1 aromatic carbocycles. The van der Waals surface area contributed by atoms with Crippen LogP contribution in [0.15, 0.2) is 24.3 Å². The monoisotopic (exact) mass is 248 g/mol. The minimum Gasteiger partial charge on any atom is -0.494 e. The molecule has 0 spiro atoms. The van der Waals surface area contributed by atoms with E-state index < -0.39 is 0 Å². The van der Waals surface area contributed by atoms with E-state index in [2.05, 4.69) is 5.32 Å². The first-order valence-corrected chi connectivity index (χ1v) is 6.47. The first-order valence-electron chi connectivity index (χ1n) is 6.47. The molecule has 1 saturated heterocycles. The van der Waals surface area contributed by atoms with Gasteiger partial charge in [0.15, 0.2) is 0 Å². The lowest BCUT2D eigenvalue weighted by molar-refractivity contribution is -0.121. The summed E-state index contributed by atoms with van der Waals surface area (Å²) in [5.41, 5.74) is 0.948. The van der Waals surface area contributed by atoms with E-state index in [4.69, 9.17) is 4.74 Å². The second kappa shape index (κ2) is 5.87. The van der Waals surface area contributed by atoms with Crippen LogP contribution in [-0.2, 0) is 4.79 Å². The molecule has 98 valence electrons. The van der Waals surface area contributed by atoms with Crippen molar-refractivity contribution in [3.8, 4) is 5.75 Å². The second-order valence-electron chi connectivity index (χ2n) is 4.40. The van der Waals surface area contributed by atoms with Crippen molar-refractivity contribution >= 4 is 11.6 Å². The maximum Gasteiger partial charge on any atom is 0.244 e. The van der Waals surface area contributed by atoms with Crippen LogP contribution < -0.4 is 15.0 Å². The first kappa shape index (κ1) is 12.9. The highest BCUT2D eigenvalue weighted by atomic mass is 16.5. The van der Waals surface area contributed by atoms with E-state index in [0.717, 1.165) is 30.8 Å². The fraction of sp³-hybridized carbons (Fsp3) is 0.500. The molecule has 1 aromatic rings. The van der Waals surface area contributed by atoms with Crippen molar-refractivity contribution in [1.29, 1.82) is 0 Å². The number of amides is 1. The summed E-state index contributed by atoms with van der Waals surface area (Å²) in [4.78, 5) is 14.0. The molecule has 0 saturated carbocycles. The number of nitrogens with zero attached hydrogens (tertiary/aromatic N) is 1. The average Bonchev–Trinajstić information content (AvgIpc) is 2.41. The summed E-state index contributed by atoms with van der Waals surface area (Å²) < 4.78 is 5.40. The highest BCUT2D eigenvalue weighted by molar-refractivity contribution is 5.97. The normalized spacial score (nSPS) is 20.0. The first-order chi connectivity index (χ1) is 8.76. The molecule has 2 rings (SSSR count). The number of carbonyl (C=O) groups excluding carboxylic acids is 1. The molecule has 1 aliphatic rings. The van der Waals surface area contributed by atoms with Crippen molar-refractivity contribution in [1.82, 2.24) is 5.32 Å². The van der Waals surface area contributed by atoms with Crippen LogP contribution in [0.25, 0.3) is 0 Å². The van der Waals surface area contributed by atoms with Crippen LogP contribution >= 0.6 is 0 Å². The van der Waals surface area contributed by atoms with Gasteiger partial charge in [-0.15, -0.1) is 0 Å². The van der Waals surface area contributed by atoms with Crippen molar-refractivity contribution in [2.45, 2.75) is 25.8 Å². The highest BCUT2D eigenvalue weighted by Crippen LogP contribution is 2.23. The lowest BCUT2D eigenvalue weighted by Crippen LogP contribution is -2.49. The fourth-order valence-corrected chi connectivity index (χ4v) is 2.29. The highest BCUT2D eigenvalue weighted by Gasteiger charge is 2.28. The number of piperidine rings is 1. The number of hydrogen-bond donors (Lipinski definition) is 1. The van der Waals surface area contributed by atoms with Gasteiger partial charge in [0.25, 0.3) is 0 Å². The SMILES string of the molecule is CCOc1ccc(N2CCCC(NC)C2=O)cc1. The van der Waals surface area contributed by atoms with Gasteiger partial charge in [-0.25, -0.2) is 0 Å². The molecule has 1 aliphatic heterocycles. The van der Waals surface area contributed by atoms with Crippen molar-refractivity contribution in [2.75, 3.05) is 25.1 Å². The average molecular weight is 248 g/mol. The van der Waals surface area contributed by atoms with Crippen LogP contribution in [-0.4, -0.2) is 32.1 Å². The summed E-state index contributed by atoms with van der Waals surface area (Å²) in [6, 6.07) is 7.66. The van der Waals surface area contributed by atoms with Crippen molar-refractivity contribution in [3.05, 3.63) is 24.3 Å². The van der Waals surface area contributed by atoms with E-state index >= 15 is 0 Å². The fourth-order valence-electron chi connectivity index (χ4n) is 2.29. The number of rotatable bonds is 4. The molecule has 1 N–H and O–H groups in total. The number of likely N-dealkylation sites (N-methyl/N-ethyl adjacent to an activating group) is 1. The molecule has 1 fully saturated rings. The largest absolute Gasteiger partial charge is 0.494 e. The van der Waals surface area contributed by atoms with Crippen LogP contribution in [0.5, 0.6) is 5.75 Å². The lowest BCUT2D eigenvalue weighted by atomic mass is 10.0. The molecule has 1 atom stereocenters. The zero-order valence-electron chi connectivity index (χ0n) is 11.0. The molecular weight excluding hydrogens is 228 g/mol. The van der Waals surface area contributed by atoms with E-state index in [1.165, 1.54) is 0 Å². The van der Waals surface area contributed by atoms with Gasteiger partial charge in [0.05, 0.1) is 12.6 Å². The van der Waals surface area contributed by atoms with E-state index in [-0.39, 0.29) is 11.9 Å². The summed E-state index contributed by atoms with van der Waals surface area (Å²) in [6.45, 7) is 3.41. The molecule has 0 aliphatic carbocycles. The summed E-state index contributed by atoms with van der Waals surface area (Å²) >= 11 is 0. The molecule has 18 heavy (non-hydrogen) atoms. The van der Waals surface area contributed by atoms with Gasteiger partial charge >= 0.3 is 0 Å². The third kappa shape index (κ3) is 2.64. The Bertz CT molecular complexity index is 403. The molecule has 0 radical (unpaired) electrons. The Morgan fingerprint density at radius 3 is 2.72 bits per heavy atom. The quantitative estimate of drug-likeness (QED) is 0.883. The van der Waals surface area contributed by atoms with Crippen LogP contribution in [0.1, 0.15) is 19.8 Å². The molecule has 4 heteroatoms. The van der Waals surface area contributed by atoms with Gasteiger partial charge in [0.1, 0.15) is 5.75 Å². The number of ether oxygens (including phenoxy) is 1. The Morgan fingerprint density at radius 1 is 1.39 bits per heavy atom. The Labute approximate surface area is 108 Å². The van der Waals surface area contributed by atoms with Gasteiger partial charge in [0.2, 0.25) is 5.91 Å². The molecular formula is C14H20N2O2. The lowest BCUT2D eigenvalue weighted by Gasteiger charge is -2.32. The number of benzene rings is 1. The number of hydrogen-bond acceptors (Lipinski definition) is 3. The Kier molecular flexibility index (Phi) is 4.20. The predicted molar refractivity (Wildman–Crippen MR) is 72.0 cm³/mol. The van der Waals surface area contributed by atoms with Crippen molar-refractivity contribution in [2.24, 2.45) is 0 Å². The third-order valence-electron chi connectivity index (χ3n) is 3.25. The van der Waals surface area contributed by atoms with Crippen LogP contribution in [0.3, 0.4) is 0 Å². The van der Waals surface area contributed by atoms with Crippen LogP contribution in [0.2, 0.25) is 0 Å². The minimum atomic E-state index is -0.0506. The standard InChI is InChI=1S/C14H20N2O2/c1-3-18-12-8-6-11(7-9-12)16-10-4-5-13(15-2)14(16)17/h6-9,13,15H,3-5,10H2,1-2H3. The van der Waals surface area contributed by atoms with Crippen LogP contribution in [0.4, 0.5) is 5.69 Å². The Morgan fingerprint density at radius 2 is 2.11 bits per heavy atom. The van der Waals surface area contributed by atoms with E-state index in [1.807, 2.05) is 43.1 Å². The topological polar surface area (TPSA) is 41.6 Å². The molecule has 0 bridgehead atoms. The number of carbonyl (C=O) groups is 1. The Hall–Kier alpha value is -1.55. The molecule has 1 amide bonds. The van der Waals surface area contributed by atoms with Gasteiger partial charge in [-0.1, -0.05) is 0 Å². The summed E-state index contributed by atoms with van der Waals surface area (Å²) in [7, 11) is 1.84. The van der Waals surface area contributed by atoms with Gasteiger partial charge in [-0.2, -0.15) is 0 Å². The second-order valence-corrected chi connectivity index (χ2v) is 4.40. The zero-order valence-corrected chi connectivity index (χ0v) is 11.0.